The molecule has 0 saturated heterocycles. The number of nitrogens with zero attached hydrogens (tertiary/aromatic N) is 1. The number of hydrogen-bond acceptors (Lipinski definition) is 3. The number of rotatable bonds is 7. The largest absolute Gasteiger partial charge is 0.292 e. The van der Waals surface area contributed by atoms with Crippen LogP contribution in [0.3, 0.4) is 0 Å². The fourth-order valence-corrected chi connectivity index (χ4v) is 3.25. The Hall–Kier alpha value is -2.75. The summed E-state index contributed by atoms with van der Waals surface area (Å²) < 4.78 is 0. The van der Waals surface area contributed by atoms with Gasteiger partial charge in [0.2, 0.25) is 0 Å². The lowest BCUT2D eigenvalue weighted by Crippen LogP contribution is -2.45. The van der Waals surface area contributed by atoms with Gasteiger partial charge in [0, 0.05) is 5.56 Å². The Morgan fingerprint density at radius 2 is 1.44 bits per heavy atom. The number of unbranched alkanes of at least 4 members (excludes halogenated alkanes) is 2. The van der Waals surface area contributed by atoms with Crippen LogP contribution < -0.4 is 0 Å². The van der Waals surface area contributed by atoms with Gasteiger partial charge in [-0.1, -0.05) is 68.7 Å². The third-order valence-corrected chi connectivity index (χ3v) is 4.58. The number of ketones is 1. The zero-order valence-electron chi connectivity index (χ0n) is 14.3. The van der Waals surface area contributed by atoms with Crippen molar-refractivity contribution in [2.75, 3.05) is 0 Å². The van der Waals surface area contributed by atoms with E-state index in [1.807, 2.05) is 6.07 Å². The van der Waals surface area contributed by atoms with Gasteiger partial charge in [0.15, 0.2) is 5.78 Å². The zero-order chi connectivity index (χ0) is 17.8. The average molecular weight is 335 g/mol. The second-order valence-electron chi connectivity index (χ2n) is 6.27. The predicted molar refractivity (Wildman–Crippen MR) is 95.6 cm³/mol. The number of carbonyl (C=O) groups excluding carboxylic acids is 3. The van der Waals surface area contributed by atoms with Crippen LogP contribution in [0.2, 0.25) is 0 Å². The van der Waals surface area contributed by atoms with E-state index in [4.69, 9.17) is 0 Å². The van der Waals surface area contributed by atoms with Gasteiger partial charge in [-0.3, -0.25) is 19.3 Å². The fraction of sp³-hybridized carbons (Fsp3) is 0.286. The smallest absolute Gasteiger partial charge is 0.262 e. The number of hydrogen-bond donors (Lipinski definition) is 0. The van der Waals surface area contributed by atoms with E-state index in [0.29, 0.717) is 23.1 Å². The number of Topliss-reactive ketones (excluding diaryl/α,β-unsaturated/α-hetero) is 1. The molecule has 1 atom stereocenters. The standard InChI is InChI=1S/C21H21NO3/c1-2-3-5-14-18(19(23)15-10-6-4-7-11-15)22-20(24)16-12-8-9-13-17(16)21(22)25/h4,6-13,18H,2-3,5,14H2,1H3. The maximum Gasteiger partial charge on any atom is 0.262 e. The summed E-state index contributed by atoms with van der Waals surface area (Å²) in [6, 6.07) is 14.9. The highest BCUT2D eigenvalue weighted by molar-refractivity contribution is 6.23. The minimum atomic E-state index is -0.749. The topological polar surface area (TPSA) is 54.5 Å². The first kappa shape index (κ1) is 17.1. The van der Waals surface area contributed by atoms with Crippen LogP contribution in [0.25, 0.3) is 0 Å². The van der Waals surface area contributed by atoms with Gasteiger partial charge >= 0.3 is 0 Å². The first-order valence-corrected chi connectivity index (χ1v) is 8.71. The molecule has 2 aromatic carbocycles. The van der Waals surface area contributed by atoms with Crippen LogP contribution in [0.15, 0.2) is 54.6 Å². The first-order valence-electron chi connectivity index (χ1n) is 8.71. The second kappa shape index (κ2) is 7.43. The van der Waals surface area contributed by atoms with Crippen molar-refractivity contribution < 1.29 is 14.4 Å². The van der Waals surface area contributed by atoms with Crippen molar-refractivity contribution >= 4 is 17.6 Å². The van der Waals surface area contributed by atoms with E-state index in [1.54, 1.807) is 48.5 Å². The number of fused-ring (bicyclic) bond motifs is 1. The molecule has 0 saturated carbocycles. The molecule has 1 heterocycles. The van der Waals surface area contributed by atoms with Crippen LogP contribution in [0.4, 0.5) is 0 Å². The lowest BCUT2D eigenvalue weighted by Gasteiger charge is -2.25. The number of carbonyl (C=O) groups is 3. The second-order valence-corrected chi connectivity index (χ2v) is 6.27. The van der Waals surface area contributed by atoms with Gasteiger partial charge in [0.05, 0.1) is 11.1 Å². The van der Waals surface area contributed by atoms with E-state index >= 15 is 0 Å². The monoisotopic (exact) mass is 335 g/mol. The summed E-state index contributed by atoms with van der Waals surface area (Å²) in [6.45, 7) is 2.08. The number of imide groups is 1. The van der Waals surface area contributed by atoms with Gasteiger partial charge in [-0.15, -0.1) is 0 Å². The lowest BCUT2D eigenvalue weighted by atomic mass is 9.97. The van der Waals surface area contributed by atoms with Crippen molar-refractivity contribution in [1.82, 2.24) is 4.90 Å². The van der Waals surface area contributed by atoms with Gasteiger partial charge < -0.3 is 0 Å². The van der Waals surface area contributed by atoms with Crippen LogP contribution in [0, 0.1) is 0 Å². The molecule has 0 N–H and O–H groups in total. The number of amides is 2. The summed E-state index contributed by atoms with van der Waals surface area (Å²) in [5.74, 6) is -0.913. The maximum absolute atomic E-state index is 13.0. The van der Waals surface area contributed by atoms with Crippen LogP contribution >= 0.6 is 0 Å². The molecular weight excluding hydrogens is 314 g/mol. The molecule has 0 fully saturated rings. The van der Waals surface area contributed by atoms with E-state index in [0.717, 1.165) is 24.2 Å². The highest BCUT2D eigenvalue weighted by Gasteiger charge is 2.42. The van der Waals surface area contributed by atoms with Crippen LogP contribution in [0.1, 0.15) is 63.7 Å². The van der Waals surface area contributed by atoms with Crippen LogP contribution in [-0.2, 0) is 0 Å². The van der Waals surface area contributed by atoms with Crippen LogP contribution in [-0.4, -0.2) is 28.5 Å². The summed E-state index contributed by atoms with van der Waals surface area (Å²) in [4.78, 5) is 39.7. The van der Waals surface area contributed by atoms with Crippen molar-refractivity contribution in [1.29, 1.82) is 0 Å². The number of benzene rings is 2. The van der Waals surface area contributed by atoms with Crippen molar-refractivity contribution in [3.05, 3.63) is 71.3 Å². The minimum absolute atomic E-state index is 0.175. The molecule has 2 aromatic rings. The quantitative estimate of drug-likeness (QED) is 0.434. The maximum atomic E-state index is 13.0. The average Bonchev–Trinajstić information content (AvgIpc) is 2.91. The van der Waals surface area contributed by atoms with Gasteiger partial charge in [-0.05, 0) is 18.6 Å². The minimum Gasteiger partial charge on any atom is -0.292 e. The molecule has 128 valence electrons. The predicted octanol–water partition coefficient (Wildman–Crippen LogP) is 4.11. The third-order valence-electron chi connectivity index (χ3n) is 4.58. The molecule has 0 aliphatic carbocycles. The molecule has 25 heavy (non-hydrogen) atoms. The van der Waals surface area contributed by atoms with Gasteiger partial charge in [-0.2, -0.15) is 0 Å². The molecule has 0 bridgehead atoms. The summed E-state index contributed by atoms with van der Waals surface area (Å²) in [7, 11) is 0. The Kier molecular flexibility index (Phi) is 5.08. The van der Waals surface area contributed by atoms with Crippen molar-refractivity contribution in [2.45, 2.75) is 38.6 Å². The molecule has 2 amide bonds. The molecule has 0 radical (unpaired) electrons. The van der Waals surface area contributed by atoms with E-state index in [9.17, 15) is 14.4 Å². The molecule has 1 aliphatic rings. The van der Waals surface area contributed by atoms with Gasteiger partial charge in [0.1, 0.15) is 6.04 Å². The molecule has 0 spiro atoms. The molecule has 0 aromatic heterocycles. The van der Waals surface area contributed by atoms with E-state index < -0.39 is 6.04 Å². The van der Waals surface area contributed by atoms with Gasteiger partial charge in [-0.25, -0.2) is 0 Å². The first-order chi connectivity index (χ1) is 12.1. The molecule has 3 rings (SSSR count). The summed E-state index contributed by atoms with van der Waals surface area (Å²) in [6.07, 6.45) is 3.26. The molecule has 1 unspecified atom stereocenters. The Morgan fingerprint density at radius 1 is 0.880 bits per heavy atom. The third kappa shape index (κ3) is 3.25. The summed E-state index contributed by atoms with van der Waals surface area (Å²) in [5.41, 5.74) is 1.29. The lowest BCUT2D eigenvalue weighted by molar-refractivity contribution is 0.0530. The Bertz CT molecular complexity index is 763. The Balaban J connectivity index is 1.94. The highest BCUT2D eigenvalue weighted by atomic mass is 16.2. The van der Waals surface area contributed by atoms with E-state index in [-0.39, 0.29) is 17.6 Å². The highest BCUT2D eigenvalue weighted by Crippen LogP contribution is 2.28. The molecule has 4 heteroatoms. The summed E-state index contributed by atoms with van der Waals surface area (Å²) in [5, 5.41) is 0. The van der Waals surface area contributed by atoms with Gasteiger partial charge in [0.25, 0.3) is 11.8 Å². The zero-order valence-corrected chi connectivity index (χ0v) is 14.3. The Morgan fingerprint density at radius 3 is 2.00 bits per heavy atom. The SMILES string of the molecule is CCCCCC(C(=O)c1ccccc1)N1C(=O)c2ccccc2C1=O. The fourth-order valence-electron chi connectivity index (χ4n) is 3.25. The van der Waals surface area contributed by atoms with Crippen molar-refractivity contribution in [3.63, 3.8) is 0 Å². The molecule has 1 aliphatic heterocycles. The van der Waals surface area contributed by atoms with Crippen molar-refractivity contribution in [3.8, 4) is 0 Å². The summed E-state index contributed by atoms with van der Waals surface area (Å²) >= 11 is 0. The molecule has 4 nitrogen and oxygen atoms in total. The van der Waals surface area contributed by atoms with Crippen molar-refractivity contribution in [2.24, 2.45) is 0 Å². The molecular formula is C21H21NO3. The van der Waals surface area contributed by atoms with E-state index in [2.05, 4.69) is 6.92 Å². The van der Waals surface area contributed by atoms with Crippen LogP contribution in [0.5, 0.6) is 0 Å². The normalized spacial score (nSPS) is 14.5. The Labute approximate surface area is 147 Å². The van der Waals surface area contributed by atoms with E-state index in [1.165, 1.54) is 0 Å².